The molecule has 1 aromatic rings. The number of nitrogens with one attached hydrogen (secondary N) is 1. The van der Waals surface area contributed by atoms with E-state index in [0.29, 0.717) is 0 Å². The average Bonchev–Trinajstić information content (AvgIpc) is 2.38. The normalized spacial score (nSPS) is 19.9. The van der Waals surface area contributed by atoms with Gasteiger partial charge in [-0.05, 0) is 31.4 Å². The molecule has 2 N–H and O–H groups in total. The van der Waals surface area contributed by atoms with E-state index in [1.54, 1.807) is 6.07 Å². The molecule has 1 fully saturated rings. The highest BCUT2D eigenvalue weighted by atomic mass is 16.5. The predicted molar refractivity (Wildman–Crippen MR) is 63.3 cm³/mol. The molecule has 92 valence electrons. The van der Waals surface area contributed by atoms with Crippen molar-refractivity contribution in [3.63, 3.8) is 0 Å². The number of carbonyl (C=O) groups is 1. The van der Waals surface area contributed by atoms with E-state index in [9.17, 15) is 4.79 Å². The Morgan fingerprint density at radius 3 is 3.00 bits per heavy atom. The molecule has 0 saturated carbocycles. The third-order valence-electron chi connectivity index (χ3n) is 2.79. The fourth-order valence-corrected chi connectivity index (χ4v) is 1.83. The molecule has 5 heteroatoms. The van der Waals surface area contributed by atoms with Crippen LogP contribution in [0.2, 0.25) is 0 Å². The van der Waals surface area contributed by atoms with Crippen LogP contribution in [0.25, 0.3) is 0 Å². The minimum atomic E-state index is -1.01. The van der Waals surface area contributed by atoms with E-state index in [1.165, 1.54) is 18.7 Å². The molecule has 0 bridgehead atoms. The second-order valence-corrected chi connectivity index (χ2v) is 4.11. The van der Waals surface area contributed by atoms with Gasteiger partial charge in [0.25, 0.3) is 0 Å². The van der Waals surface area contributed by atoms with Crippen molar-refractivity contribution >= 4 is 11.7 Å². The Bertz CT molecular complexity index is 372. The molecule has 1 atom stereocenters. The Labute approximate surface area is 99.8 Å². The number of anilines is 1. The summed E-state index contributed by atoms with van der Waals surface area (Å²) in [5.74, 6) is -1.01. The summed E-state index contributed by atoms with van der Waals surface area (Å²) in [4.78, 5) is 14.5. The van der Waals surface area contributed by atoms with Gasteiger partial charge in [0, 0.05) is 13.2 Å². The van der Waals surface area contributed by atoms with Crippen molar-refractivity contribution in [2.45, 2.75) is 25.4 Å². The van der Waals surface area contributed by atoms with Crippen molar-refractivity contribution < 1.29 is 14.6 Å². The van der Waals surface area contributed by atoms with Crippen LogP contribution in [0.15, 0.2) is 18.3 Å². The molecule has 1 aliphatic heterocycles. The predicted octanol–water partition coefficient (Wildman–Crippen LogP) is 1.76. The van der Waals surface area contributed by atoms with E-state index in [-0.39, 0.29) is 11.8 Å². The summed E-state index contributed by atoms with van der Waals surface area (Å²) >= 11 is 0. The number of hydrogen-bond acceptors (Lipinski definition) is 4. The van der Waals surface area contributed by atoms with Crippen molar-refractivity contribution in [3.05, 3.63) is 24.0 Å². The number of aromatic carboxylic acids is 1. The standard InChI is InChI=1S/C12H16N2O3/c15-12(16)11-5-4-9(7-14-11)13-8-10-3-1-2-6-17-10/h4-5,7,10,13H,1-3,6,8H2,(H,15,16). The van der Waals surface area contributed by atoms with Gasteiger partial charge < -0.3 is 15.2 Å². The van der Waals surface area contributed by atoms with Crippen LogP contribution in [-0.4, -0.2) is 35.3 Å². The first-order valence-electron chi connectivity index (χ1n) is 5.80. The van der Waals surface area contributed by atoms with Gasteiger partial charge in [-0.15, -0.1) is 0 Å². The molecule has 17 heavy (non-hydrogen) atoms. The molecule has 0 aromatic carbocycles. The molecule has 5 nitrogen and oxygen atoms in total. The Hall–Kier alpha value is -1.62. The van der Waals surface area contributed by atoms with Gasteiger partial charge in [0.2, 0.25) is 0 Å². The SMILES string of the molecule is O=C(O)c1ccc(NCC2CCCCO2)cn1. The summed E-state index contributed by atoms with van der Waals surface area (Å²) in [6.07, 6.45) is 5.22. The third kappa shape index (κ3) is 3.42. The van der Waals surface area contributed by atoms with Gasteiger partial charge >= 0.3 is 5.97 Å². The largest absolute Gasteiger partial charge is 0.477 e. The maximum Gasteiger partial charge on any atom is 0.354 e. The number of pyridine rings is 1. The summed E-state index contributed by atoms with van der Waals surface area (Å²) in [5.41, 5.74) is 0.883. The molecule has 0 aliphatic carbocycles. The summed E-state index contributed by atoms with van der Waals surface area (Å²) in [6, 6.07) is 3.21. The topological polar surface area (TPSA) is 71.5 Å². The number of nitrogens with zero attached hydrogens (tertiary/aromatic N) is 1. The Morgan fingerprint density at radius 1 is 1.53 bits per heavy atom. The van der Waals surface area contributed by atoms with Crippen LogP contribution in [0.5, 0.6) is 0 Å². The lowest BCUT2D eigenvalue weighted by Gasteiger charge is -2.23. The molecule has 1 aliphatic rings. The fraction of sp³-hybridized carbons (Fsp3) is 0.500. The number of carboxylic acids is 1. The molecular weight excluding hydrogens is 220 g/mol. The monoisotopic (exact) mass is 236 g/mol. The maximum atomic E-state index is 10.6. The third-order valence-corrected chi connectivity index (χ3v) is 2.79. The van der Waals surface area contributed by atoms with E-state index in [2.05, 4.69) is 10.3 Å². The van der Waals surface area contributed by atoms with Crippen molar-refractivity contribution in [2.24, 2.45) is 0 Å². The molecule has 1 unspecified atom stereocenters. The number of carboxylic acid groups (broad SMARTS) is 1. The minimum absolute atomic E-state index is 0.0597. The Morgan fingerprint density at radius 2 is 2.41 bits per heavy atom. The van der Waals surface area contributed by atoms with Crippen LogP contribution in [0.4, 0.5) is 5.69 Å². The smallest absolute Gasteiger partial charge is 0.354 e. The zero-order valence-corrected chi connectivity index (χ0v) is 9.56. The van der Waals surface area contributed by atoms with Crippen molar-refractivity contribution in [1.29, 1.82) is 0 Å². The number of hydrogen-bond donors (Lipinski definition) is 2. The lowest BCUT2D eigenvalue weighted by atomic mass is 10.1. The van der Waals surface area contributed by atoms with Crippen molar-refractivity contribution in [2.75, 3.05) is 18.5 Å². The van der Waals surface area contributed by atoms with Gasteiger partial charge in [-0.2, -0.15) is 0 Å². The first-order chi connectivity index (χ1) is 8.25. The van der Waals surface area contributed by atoms with Crippen LogP contribution in [0.3, 0.4) is 0 Å². The summed E-state index contributed by atoms with van der Waals surface area (Å²) in [6.45, 7) is 1.58. The number of rotatable bonds is 4. The second-order valence-electron chi connectivity index (χ2n) is 4.11. The van der Waals surface area contributed by atoms with E-state index in [1.807, 2.05) is 0 Å². The minimum Gasteiger partial charge on any atom is -0.477 e. The van der Waals surface area contributed by atoms with Gasteiger partial charge in [0.05, 0.1) is 18.0 Å². The Kier molecular flexibility index (Phi) is 3.93. The van der Waals surface area contributed by atoms with Gasteiger partial charge in [0.1, 0.15) is 5.69 Å². The molecule has 1 saturated heterocycles. The fourth-order valence-electron chi connectivity index (χ4n) is 1.83. The summed E-state index contributed by atoms with van der Waals surface area (Å²) in [7, 11) is 0. The number of ether oxygens (including phenoxy) is 1. The highest BCUT2D eigenvalue weighted by Crippen LogP contribution is 2.14. The van der Waals surface area contributed by atoms with Crippen molar-refractivity contribution in [1.82, 2.24) is 4.98 Å². The molecule has 0 spiro atoms. The van der Waals surface area contributed by atoms with Crippen LogP contribution in [0, 0.1) is 0 Å². The zero-order chi connectivity index (χ0) is 12.1. The van der Waals surface area contributed by atoms with E-state index in [0.717, 1.165) is 31.7 Å². The van der Waals surface area contributed by atoms with Crippen LogP contribution < -0.4 is 5.32 Å². The zero-order valence-electron chi connectivity index (χ0n) is 9.56. The average molecular weight is 236 g/mol. The van der Waals surface area contributed by atoms with Crippen molar-refractivity contribution in [3.8, 4) is 0 Å². The molecule has 2 rings (SSSR count). The lowest BCUT2D eigenvalue weighted by molar-refractivity contribution is 0.0247. The highest BCUT2D eigenvalue weighted by Gasteiger charge is 2.13. The van der Waals surface area contributed by atoms with Gasteiger partial charge in [-0.3, -0.25) is 0 Å². The molecule has 2 heterocycles. The summed E-state index contributed by atoms with van der Waals surface area (Å²) in [5, 5.41) is 11.9. The molecular formula is C12H16N2O3. The first kappa shape index (κ1) is 11.9. The van der Waals surface area contributed by atoms with E-state index in [4.69, 9.17) is 9.84 Å². The van der Waals surface area contributed by atoms with E-state index < -0.39 is 5.97 Å². The van der Waals surface area contributed by atoms with Gasteiger partial charge in [-0.25, -0.2) is 9.78 Å². The molecule has 1 aromatic heterocycles. The quantitative estimate of drug-likeness (QED) is 0.833. The first-order valence-corrected chi connectivity index (χ1v) is 5.80. The summed E-state index contributed by atoms with van der Waals surface area (Å²) < 4.78 is 5.58. The van der Waals surface area contributed by atoms with Crippen LogP contribution in [-0.2, 0) is 4.74 Å². The van der Waals surface area contributed by atoms with E-state index >= 15 is 0 Å². The van der Waals surface area contributed by atoms with Crippen LogP contribution in [0.1, 0.15) is 29.8 Å². The van der Waals surface area contributed by atoms with Gasteiger partial charge in [0.15, 0.2) is 0 Å². The number of aromatic nitrogens is 1. The Balaban J connectivity index is 1.84. The lowest BCUT2D eigenvalue weighted by Crippen LogP contribution is -2.27. The maximum absolute atomic E-state index is 10.6. The highest BCUT2D eigenvalue weighted by molar-refractivity contribution is 5.85. The molecule has 0 radical (unpaired) electrons. The van der Waals surface area contributed by atoms with Gasteiger partial charge in [-0.1, -0.05) is 0 Å². The van der Waals surface area contributed by atoms with Crippen LogP contribution >= 0.6 is 0 Å². The molecule has 0 amide bonds. The second kappa shape index (κ2) is 5.63.